The van der Waals surface area contributed by atoms with E-state index in [2.05, 4.69) is 0 Å². The van der Waals surface area contributed by atoms with Crippen LogP contribution in [0.4, 0.5) is 0 Å². The summed E-state index contributed by atoms with van der Waals surface area (Å²) in [5.74, 6) is 0.0648. The van der Waals surface area contributed by atoms with Crippen LogP contribution in [0.2, 0.25) is 0 Å². The molecular weight excluding hydrogens is 332 g/mol. The molecule has 2 amide bonds. The zero-order valence-corrected chi connectivity index (χ0v) is 16.6. The molecule has 2 aliphatic rings. The van der Waals surface area contributed by atoms with Gasteiger partial charge in [0.05, 0.1) is 13.2 Å². The van der Waals surface area contributed by atoms with Gasteiger partial charge in [0.25, 0.3) is 0 Å². The Morgan fingerprint density at radius 3 is 1.38 bits per heavy atom. The highest BCUT2D eigenvalue weighted by Crippen LogP contribution is 2.22. The molecule has 2 aliphatic carbocycles. The third-order valence-corrected chi connectivity index (χ3v) is 5.85. The van der Waals surface area contributed by atoms with Gasteiger partial charge >= 0.3 is 0 Å². The Morgan fingerprint density at radius 1 is 0.692 bits per heavy atom. The smallest absolute Gasteiger partial charge is 0.248 e. The molecule has 0 spiro atoms. The number of ether oxygens (including phenoxy) is 2. The van der Waals surface area contributed by atoms with Crippen molar-refractivity contribution in [2.75, 3.05) is 40.5 Å². The fraction of sp³-hybridized carbons (Fsp3) is 0.900. The highest BCUT2D eigenvalue weighted by Gasteiger charge is 2.23. The first-order valence-electron chi connectivity index (χ1n) is 10.3. The van der Waals surface area contributed by atoms with Gasteiger partial charge in [0.15, 0.2) is 0 Å². The van der Waals surface area contributed by atoms with E-state index in [4.69, 9.17) is 9.47 Å². The zero-order chi connectivity index (χ0) is 18.8. The summed E-state index contributed by atoms with van der Waals surface area (Å²) in [4.78, 5) is 28.0. The SMILES string of the molecule is CN(C(=O)COCCOCC(=O)N(C)C1CCCCC1)C1CCCCC1. The van der Waals surface area contributed by atoms with E-state index in [1.165, 1.54) is 38.5 Å². The number of hydrogen-bond acceptors (Lipinski definition) is 4. The average Bonchev–Trinajstić information content (AvgIpc) is 2.70. The van der Waals surface area contributed by atoms with Crippen molar-refractivity contribution in [1.82, 2.24) is 9.80 Å². The molecule has 0 saturated heterocycles. The molecule has 0 atom stereocenters. The van der Waals surface area contributed by atoms with Crippen LogP contribution in [0.15, 0.2) is 0 Å². The van der Waals surface area contributed by atoms with Gasteiger partial charge in [-0.15, -0.1) is 0 Å². The van der Waals surface area contributed by atoms with Crippen molar-refractivity contribution >= 4 is 11.8 Å². The summed E-state index contributed by atoms with van der Waals surface area (Å²) in [6.07, 6.45) is 11.8. The Hall–Kier alpha value is -1.14. The van der Waals surface area contributed by atoms with Crippen LogP contribution >= 0.6 is 0 Å². The number of nitrogens with zero attached hydrogens (tertiary/aromatic N) is 2. The lowest BCUT2D eigenvalue weighted by Crippen LogP contribution is -2.41. The number of rotatable bonds is 9. The molecule has 0 aromatic heterocycles. The van der Waals surface area contributed by atoms with Crippen molar-refractivity contribution < 1.29 is 19.1 Å². The van der Waals surface area contributed by atoms with Crippen LogP contribution in [-0.2, 0) is 19.1 Å². The minimum atomic E-state index is 0.0324. The number of carbonyl (C=O) groups excluding carboxylic acids is 2. The number of hydrogen-bond donors (Lipinski definition) is 0. The normalized spacial score (nSPS) is 19.3. The van der Waals surface area contributed by atoms with E-state index in [1.807, 2.05) is 23.9 Å². The molecule has 6 heteroatoms. The lowest BCUT2D eigenvalue weighted by molar-refractivity contribution is -0.141. The van der Waals surface area contributed by atoms with E-state index in [1.54, 1.807) is 0 Å². The molecular formula is C20H36N2O4. The van der Waals surface area contributed by atoms with Gasteiger partial charge in [0.2, 0.25) is 11.8 Å². The minimum Gasteiger partial charge on any atom is -0.369 e. The summed E-state index contributed by atoms with van der Waals surface area (Å²) in [7, 11) is 3.75. The van der Waals surface area contributed by atoms with Crippen LogP contribution in [0.25, 0.3) is 0 Å². The maximum Gasteiger partial charge on any atom is 0.248 e. The minimum absolute atomic E-state index is 0.0324. The van der Waals surface area contributed by atoms with Crippen LogP contribution < -0.4 is 0 Å². The van der Waals surface area contributed by atoms with Crippen molar-refractivity contribution in [2.45, 2.75) is 76.3 Å². The van der Waals surface area contributed by atoms with Crippen LogP contribution in [0.5, 0.6) is 0 Å². The van der Waals surface area contributed by atoms with Crippen LogP contribution in [0.3, 0.4) is 0 Å². The summed E-state index contributed by atoms with van der Waals surface area (Å²) >= 11 is 0. The molecule has 150 valence electrons. The number of likely N-dealkylation sites (N-methyl/N-ethyl adjacent to an activating group) is 2. The van der Waals surface area contributed by atoms with Gasteiger partial charge in [-0.05, 0) is 25.7 Å². The van der Waals surface area contributed by atoms with Crippen molar-refractivity contribution in [2.24, 2.45) is 0 Å². The number of amides is 2. The molecule has 0 bridgehead atoms. The molecule has 0 radical (unpaired) electrons. The fourth-order valence-electron chi connectivity index (χ4n) is 3.98. The maximum absolute atomic E-state index is 12.1. The summed E-state index contributed by atoms with van der Waals surface area (Å²) in [6.45, 7) is 0.855. The molecule has 0 unspecified atom stereocenters. The lowest BCUT2D eigenvalue weighted by Gasteiger charge is -2.31. The first-order valence-corrected chi connectivity index (χ1v) is 10.3. The molecule has 2 rings (SSSR count). The highest BCUT2D eigenvalue weighted by atomic mass is 16.5. The van der Waals surface area contributed by atoms with Crippen LogP contribution in [-0.4, -0.2) is 74.2 Å². The van der Waals surface area contributed by atoms with E-state index in [9.17, 15) is 9.59 Å². The third kappa shape index (κ3) is 6.88. The van der Waals surface area contributed by atoms with E-state index in [0.29, 0.717) is 25.3 Å². The molecule has 0 aromatic carbocycles. The van der Waals surface area contributed by atoms with Gasteiger partial charge in [-0.3, -0.25) is 9.59 Å². The first-order chi connectivity index (χ1) is 12.6. The van der Waals surface area contributed by atoms with Crippen molar-refractivity contribution in [3.8, 4) is 0 Å². The van der Waals surface area contributed by atoms with E-state index in [-0.39, 0.29) is 25.0 Å². The Bertz CT molecular complexity index is 392. The summed E-state index contributed by atoms with van der Waals surface area (Å²) in [5.41, 5.74) is 0. The monoisotopic (exact) mass is 368 g/mol. The predicted octanol–water partition coefficient (Wildman–Crippen LogP) is 2.60. The quantitative estimate of drug-likeness (QED) is 0.587. The van der Waals surface area contributed by atoms with Gasteiger partial charge in [0, 0.05) is 26.2 Å². The van der Waals surface area contributed by atoms with Crippen LogP contribution in [0, 0.1) is 0 Å². The molecule has 26 heavy (non-hydrogen) atoms. The van der Waals surface area contributed by atoms with Gasteiger partial charge < -0.3 is 19.3 Å². The second-order valence-corrected chi connectivity index (χ2v) is 7.70. The van der Waals surface area contributed by atoms with Crippen molar-refractivity contribution in [3.05, 3.63) is 0 Å². The van der Waals surface area contributed by atoms with Gasteiger partial charge in [0.1, 0.15) is 13.2 Å². The molecule has 0 aliphatic heterocycles. The van der Waals surface area contributed by atoms with Crippen molar-refractivity contribution in [3.63, 3.8) is 0 Å². The number of carbonyl (C=O) groups is 2. The summed E-state index contributed by atoms with van der Waals surface area (Å²) < 4.78 is 10.8. The Labute approximate surface area is 158 Å². The van der Waals surface area contributed by atoms with Gasteiger partial charge in [-0.2, -0.15) is 0 Å². The van der Waals surface area contributed by atoms with E-state index < -0.39 is 0 Å². The maximum atomic E-state index is 12.1. The predicted molar refractivity (Wildman–Crippen MR) is 101 cm³/mol. The third-order valence-electron chi connectivity index (χ3n) is 5.85. The first kappa shape index (κ1) is 21.2. The average molecular weight is 369 g/mol. The molecule has 2 saturated carbocycles. The van der Waals surface area contributed by atoms with Gasteiger partial charge in [-0.1, -0.05) is 38.5 Å². The summed E-state index contributed by atoms with van der Waals surface area (Å²) in [6, 6.07) is 0.730. The molecule has 6 nitrogen and oxygen atoms in total. The Kier molecular flexibility index (Phi) is 9.40. The van der Waals surface area contributed by atoms with Crippen molar-refractivity contribution in [1.29, 1.82) is 0 Å². The highest BCUT2D eigenvalue weighted by molar-refractivity contribution is 5.77. The van der Waals surface area contributed by atoms with Crippen LogP contribution in [0.1, 0.15) is 64.2 Å². The fourth-order valence-corrected chi connectivity index (χ4v) is 3.98. The van der Waals surface area contributed by atoms with E-state index in [0.717, 1.165) is 25.7 Å². The molecule has 2 fully saturated rings. The lowest BCUT2D eigenvalue weighted by atomic mass is 9.94. The standard InChI is InChI=1S/C20H36N2O4/c1-21(17-9-5-3-6-10-17)19(23)15-25-13-14-26-16-20(24)22(2)18-11-7-4-8-12-18/h17-18H,3-16H2,1-2H3. The Morgan fingerprint density at radius 2 is 1.04 bits per heavy atom. The topological polar surface area (TPSA) is 59.1 Å². The van der Waals surface area contributed by atoms with Gasteiger partial charge in [-0.25, -0.2) is 0 Å². The largest absolute Gasteiger partial charge is 0.369 e. The second kappa shape index (κ2) is 11.5. The Balaban J connectivity index is 1.51. The van der Waals surface area contributed by atoms with E-state index >= 15 is 0 Å². The summed E-state index contributed by atoms with van der Waals surface area (Å²) in [5, 5.41) is 0. The second-order valence-electron chi connectivity index (χ2n) is 7.70. The zero-order valence-electron chi connectivity index (χ0n) is 16.6. The molecule has 0 heterocycles. The molecule has 0 N–H and O–H groups in total. The molecule has 0 aromatic rings.